The Balaban J connectivity index is 2.08. The van der Waals surface area contributed by atoms with Gasteiger partial charge in [-0.05, 0) is 25.1 Å². The second-order valence-corrected chi connectivity index (χ2v) is 3.86. The van der Waals surface area contributed by atoms with Crippen LogP contribution in [0.2, 0.25) is 0 Å². The molecular weight excluding hydrogens is 191 g/mol. The molecule has 0 aliphatic heterocycles. The van der Waals surface area contributed by atoms with Gasteiger partial charge in [0.2, 0.25) is 0 Å². The fraction of sp³-hybridized carbons (Fsp3) is 0.875. The van der Waals surface area contributed by atoms with E-state index < -0.39 is 6.67 Å². The second-order valence-electron chi connectivity index (χ2n) is 3.46. The highest BCUT2D eigenvalue weighted by Crippen LogP contribution is 2.44. The zero-order valence-corrected chi connectivity index (χ0v) is 8.29. The Labute approximate surface area is 82.7 Å². The molecule has 0 bridgehead atoms. The van der Waals surface area contributed by atoms with Crippen molar-refractivity contribution in [2.45, 2.75) is 12.8 Å². The number of aliphatic hydroxyl groups is 1. The van der Waals surface area contributed by atoms with Crippen molar-refractivity contribution in [3.8, 4) is 0 Å². The average Bonchev–Trinajstić information content (AvgIpc) is 2.92. The van der Waals surface area contributed by atoms with Crippen molar-refractivity contribution in [1.82, 2.24) is 10.6 Å². The SMILES string of the molecule is OCC1(CNC(=S)NCCF)CC1. The lowest BCUT2D eigenvalue weighted by atomic mass is 10.1. The van der Waals surface area contributed by atoms with Crippen LogP contribution in [0.5, 0.6) is 0 Å². The molecule has 13 heavy (non-hydrogen) atoms. The van der Waals surface area contributed by atoms with Crippen LogP contribution in [0.15, 0.2) is 0 Å². The lowest BCUT2D eigenvalue weighted by Gasteiger charge is -2.14. The number of aliphatic hydroxyl groups excluding tert-OH is 1. The van der Waals surface area contributed by atoms with Crippen LogP contribution in [-0.4, -0.2) is 36.6 Å². The van der Waals surface area contributed by atoms with E-state index in [1.165, 1.54) is 0 Å². The maximum absolute atomic E-state index is 11.7. The van der Waals surface area contributed by atoms with Gasteiger partial charge in [0.25, 0.3) is 0 Å². The van der Waals surface area contributed by atoms with Crippen molar-refractivity contribution in [3.63, 3.8) is 0 Å². The summed E-state index contributed by atoms with van der Waals surface area (Å²) in [5.41, 5.74) is 0.0431. The van der Waals surface area contributed by atoms with Gasteiger partial charge in [0.1, 0.15) is 6.67 Å². The predicted molar refractivity (Wildman–Crippen MR) is 53.3 cm³/mol. The van der Waals surface area contributed by atoms with Crippen molar-refractivity contribution < 1.29 is 9.50 Å². The van der Waals surface area contributed by atoms with Crippen molar-refractivity contribution in [1.29, 1.82) is 0 Å². The molecule has 1 aliphatic rings. The van der Waals surface area contributed by atoms with E-state index in [1.807, 2.05) is 0 Å². The summed E-state index contributed by atoms with van der Waals surface area (Å²) in [5, 5.41) is 15.1. The lowest BCUT2D eigenvalue weighted by molar-refractivity contribution is 0.212. The van der Waals surface area contributed by atoms with Gasteiger partial charge in [0.05, 0.1) is 6.61 Å². The standard InChI is InChI=1S/C8H15FN2OS/c9-3-4-10-7(13)11-5-8(6-12)1-2-8/h12H,1-6H2,(H2,10,11,13). The first kappa shape index (κ1) is 10.7. The summed E-state index contributed by atoms with van der Waals surface area (Å²) in [6.45, 7) is 0.707. The minimum absolute atomic E-state index is 0.0431. The van der Waals surface area contributed by atoms with E-state index in [9.17, 15) is 4.39 Å². The van der Waals surface area contributed by atoms with Gasteiger partial charge in [-0.3, -0.25) is 0 Å². The van der Waals surface area contributed by atoms with Gasteiger partial charge in [0.15, 0.2) is 5.11 Å². The quantitative estimate of drug-likeness (QED) is 0.562. The van der Waals surface area contributed by atoms with E-state index in [4.69, 9.17) is 17.3 Å². The highest BCUT2D eigenvalue weighted by molar-refractivity contribution is 7.80. The summed E-state index contributed by atoms with van der Waals surface area (Å²) < 4.78 is 11.7. The van der Waals surface area contributed by atoms with Crippen molar-refractivity contribution in [3.05, 3.63) is 0 Å². The summed E-state index contributed by atoms with van der Waals surface area (Å²) in [4.78, 5) is 0. The number of rotatable bonds is 5. The minimum Gasteiger partial charge on any atom is -0.396 e. The third-order valence-corrected chi connectivity index (χ3v) is 2.59. The Bertz CT molecular complexity index is 185. The molecule has 0 aromatic heterocycles. The van der Waals surface area contributed by atoms with Crippen molar-refractivity contribution >= 4 is 17.3 Å². The summed E-state index contributed by atoms with van der Waals surface area (Å²) in [7, 11) is 0. The molecule has 76 valence electrons. The van der Waals surface area contributed by atoms with Gasteiger partial charge in [-0.15, -0.1) is 0 Å². The molecule has 1 aliphatic carbocycles. The fourth-order valence-corrected chi connectivity index (χ4v) is 1.23. The third kappa shape index (κ3) is 3.44. The molecule has 1 rings (SSSR count). The Morgan fingerprint density at radius 2 is 2.15 bits per heavy atom. The smallest absolute Gasteiger partial charge is 0.166 e. The zero-order valence-electron chi connectivity index (χ0n) is 7.48. The van der Waals surface area contributed by atoms with Crippen LogP contribution in [0.25, 0.3) is 0 Å². The fourth-order valence-electron chi connectivity index (χ4n) is 1.06. The first-order valence-corrected chi connectivity index (χ1v) is 4.82. The van der Waals surface area contributed by atoms with Crippen LogP contribution in [0.3, 0.4) is 0 Å². The maximum atomic E-state index is 11.7. The second kappa shape index (κ2) is 4.72. The van der Waals surface area contributed by atoms with Crippen LogP contribution in [0.1, 0.15) is 12.8 Å². The Morgan fingerprint density at radius 3 is 2.62 bits per heavy atom. The molecule has 1 fully saturated rings. The molecule has 0 radical (unpaired) electrons. The molecule has 0 aromatic carbocycles. The molecule has 3 N–H and O–H groups in total. The summed E-state index contributed by atoms with van der Waals surface area (Å²) in [5.74, 6) is 0. The Morgan fingerprint density at radius 1 is 1.46 bits per heavy atom. The van der Waals surface area contributed by atoms with Gasteiger partial charge < -0.3 is 15.7 Å². The molecule has 3 nitrogen and oxygen atoms in total. The van der Waals surface area contributed by atoms with Crippen molar-refractivity contribution in [2.75, 3.05) is 26.4 Å². The molecule has 1 saturated carbocycles. The number of hydrogen-bond donors (Lipinski definition) is 3. The van der Waals surface area contributed by atoms with Crippen LogP contribution in [0, 0.1) is 5.41 Å². The molecule has 0 unspecified atom stereocenters. The first-order valence-electron chi connectivity index (χ1n) is 4.41. The number of nitrogens with one attached hydrogen (secondary N) is 2. The van der Waals surface area contributed by atoms with E-state index in [2.05, 4.69) is 10.6 Å². The summed E-state index contributed by atoms with van der Waals surface area (Å²) in [6, 6.07) is 0. The zero-order chi connectivity index (χ0) is 9.73. The van der Waals surface area contributed by atoms with E-state index in [0.29, 0.717) is 11.7 Å². The Kier molecular flexibility index (Phi) is 3.87. The number of halogens is 1. The molecule has 5 heteroatoms. The highest BCUT2D eigenvalue weighted by Gasteiger charge is 2.41. The predicted octanol–water partition coefficient (Wildman–Crippen LogP) is 0.192. The third-order valence-electron chi connectivity index (χ3n) is 2.30. The minimum atomic E-state index is -0.424. The van der Waals surface area contributed by atoms with Gasteiger partial charge in [-0.25, -0.2) is 4.39 Å². The van der Waals surface area contributed by atoms with Crippen LogP contribution in [0.4, 0.5) is 4.39 Å². The average molecular weight is 206 g/mol. The van der Waals surface area contributed by atoms with Gasteiger partial charge in [0, 0.05) is 18.5 Å². The Hall–Kier alpha value is -0.420. The number of alkyl halides is 1. The van der Waals surface area contributed by atoms with E-state index >= 15 is 0 Å². The molecule has 0 atom stereocenters. The molecule has 0 aromatic rings. The topological polar surface area (TPSA) is 44.3 Å². The molecule has 0 heterocycles. The molecule has 0 saturated heterocycles. The van der Waals surface area contributed by atoms with Gasteiger partial charge >= 0.3 is 0 Å². The first-order chi connectivity index (χ1) is 6.22. The van der Waals surface area contributed by atoms with Crippen LogP contribution < -0.4 is 10.6 Å². The summed E-state index contributed by atoms with van der Waals surface area (Å²) >= 11 is 4.89. The lowest BCUT2D eigenvalue weighted by Crippen LogP contribution is -2.40. The van der Waals surface area contributed by atoms with E-state index in [0.717, 1.165) is 12.8 Å². The van der Waals surface area contributed by atoms with E-state index in [-0.39, 0.29) is 18.6 Å². The number of thiocarbonyl (C=S) groups is 1. The number of hydrogen-bond acceptors (Lipinski definition) is 2. The van der Waals surface area contributed by atoms with Gasteiger partial charge in [-0.2, -0.15) is 0 Å². The largest absolute Gasteiger partial charge is 0.396 e. The highest BCUT2D eigenvalue weighted by atomic mass is 32.1. The normalized spacial score (nSPS) is 18.0. The summed E-state index contributed by atoms with van der Waals surface area (Å²) in [6.07, 6.45) is 2.09. The molecule has 0 amide bonds. The van der Waals surface area contributed by atoms with Gasteiger partial charge in [-0.1, -0.05) is 0 Å². The molecule has 0 spiro atoms. The monoisotopic (exact) mass is 206 g/mol. The molecular formula is C8H15FN2OS. The van der Waals surface area contributed by atoms with Crippen molar-refractivity contribution in [2.24, 2.45) is 5.41 Å². The maximum Gasteiger partial charge on any atom is 0.166 e. The van der Waals surface area contributed by atoms with Crippen LogP contribution in [-0.2, 0) is 0 Å². The van der Waals surface area contributed by atoms with E-state index in [1.54, 1.807) is 0 Å². The van der Waals surface area contributed by atoms with Crippen LogP contribution >= 0.6 is 12.2 Å².